The van der Waals surface area contributed by atoms with Crippen molar-refractivity contribution in [1.82, 2.24) is 9.71 Å². The summed E-state index contributed by atoms with van der Waals surface area (Å²) in [6.45, 7) is 1.86. The number of hydrogen-bond donors (Lipinski definition) is 2. The minimum atomic E-state index is -3.82. The van der Waals surface area contributed by atoms with E-state index in [2.05, 4.69) is 4.98 Å². The summed E-state index contributed by atoms with van der Waals surface area (Å²) in [5, 5.41) is 0. The van der Waals surface area contributed by atoms with Crippen LogP contribution in [-0.4, -0.2) is 19.3 Å². The lowest BCUT2D eigenvalue weighted by Crippen LogP contribution is -2.30. The Hall–Kier alpha value is -2.08. The molecule has 2 rings (SSSR count). The topological polar surface area (TPSA) is 79.0 Å². The molecule has 0 saturated heterocycles. The Kier molecular flexibility index (Phi) is 3.20. The molecule has 0 bridgehead atoms. The van der Waals surface area contributed by atoms with Gasteiger partial charge in [-0.2, -0.15) is 0 Å². The van der Waals surface area contributed by atoms with Gasteiger partial charge in [-0.25, -0.2) is 13.1 Å². The van der Waals surface area contributed by atoms with Gasteiger partial charge in [0, 0.05) is 6.20 Å². The zero-order valence-corrected chi connectivity index (χ0v) is 10.5. The molecular formula is C12H12N2O3S. The minimum Gasteiger partial charge on any atom is -0.357 e. The molecule has 0 aliphatic heterocycles. The van der Waals surface area contributed by atoms with Crippen molar-refractivity contribution in [2.24, 2.45) is 0 Å². The van der Waals surface area contributed by atoms with Crippen LogP contribution in [-0.2, 0) is 10.0 Å². The molecule has 1 heterocycles. The normalized spacial score (nSPS) is 11.2. The molecule has 6 heteroatoms. The zero-order chi connectivity index (χ0) is 13.2. The molecule has 0 aliphatic carbocycles. The lowest BCUT2D eigenvalue weighted by Gasteiger charge is -2.06. The molecule has 5 nitrogen and oxygen atoms in total. The number of aromatic nitrogens is 1. The van der Waals surface area contributed by atoms with Crippen LogP contribution in [0.5, 0.6) is 0 Å². The summed E-state index contributed by atoms with van der Waals surface area (Å²) in [5.74, 6) is -0.680. The fourth-order valence-corrected chi connectivity index (χ4v) is 2.39. The second-order valence-corrected chi connectivity index (χ2v) is 5.51. The molecule has 0 spiro atoms. The van der Waals surface area contributed by atoms with Gasteiger partial charge < -0.3 is 4.98 Å². The molecular weight excluding hydrogens is 252 g/mol. The Morgan fingerprint density at radius 3 is 2.39 bits per heavy atom. The van der Waals surface area contributed by atoms with Crippen LogP contribution in [0.25, 0.3) is 0 Å². The van der Waals surface area contributed by atoms with E-state index in [0.717, 1.165) is 5.56 Å². The van der Waals surface area contributed by atoms with Crippen molar-refractivity contribution in [2.45, 2.75) is 11.8 Å². The van der Waals surface area contributed by atoms with E-state index in [1.54, 1.807) is 24.4 Å². The van der Waals surface area contributed by atoms with Crippen molar-refractivity contribution in [3.05, 3.63) is 53.9 Å². The third-order valence-electron chi connectivity index (χ3n) is 2.40. The summed E-state index contributed by atoms with van der Waals surface area (Å²) in [7, 11) is -3.82. The van der Waals surface area contributed by atoms with Crippen molar-refractivity contribution < 1.29 is 13.2 Å². The number of carbonyl (C=O) groups is 1. The van der Waals surface area contributed by atoms with Crippen molar-refractivity contribution in [3.63, 3.8) is 0 Å². The maximum absolute atomic E-state index is 11.9. The number of aryl methyl sites for hydroxylation is 1. The van der Waals surface area contributed by atoms with Gasteiger partial charge in [-0.1, -0.05) is 17.7 Å². The van der Waals surface area contributed by atoms with E-state index in [9.17, 15) is 13.2 Å². The standard InChI is InChI=1S/C12H12N2O3S/c1-9-4-6-10(7-5-9)18(16,17)14-12(15)11-3-2-8-13-11/h2-8,13H,1H3,(H,14,15). The van der Waals surface area contributed by atoms with E-state index in [-0.39, 0.29) is 10.6 Å². The van der Waals surface area contributed by atoms with Crippen LogP contribution in [0.2, 0.25) is 0 Å². The second kappa shape index (κ2) is 4.66. The van der Waals surface area contributed by atoms with Crippen LogP contribution < -0.4 is 4.72 Å². The van der Waals surface area contributed by atoms with Gasteiger partial charge in [0.2, 0.25) is 0 Å². The number of benzene rings is 1. The molecule has 0 radical (unpaired) electrons. The highest BCUT2D eigenvalue weighted by molar-refractivity contribution is 7.90. The molecule has 1 aromatic heterocycles. The number of aromatic amines is 1. The number of sulfonamides is 1. The lowest BCUT2D eigenvalue weighted by molar-refractivity contribution is 0.0977. The summed E-state index contributed by atoms with van der Waals surface area (Å²) in [6, 6.07) is 9.38. The first kappa shape index (κ1) is 12.4. The van der Waals surface area contributed by atoms with E-state index >= 15 is 0 Å². The summed E-state index contributed by atoms with van der Waals surface area (Å²) in [5.41, 5.74) is 1.15. The maximum atomic E-state index is 11.9. The smallest absolute Gasteiger partial charge is 0.281 e. The zero-order valence-electron chi connectivity index (χ0n) is 9.67. The van der Waals surface area contributed by atoms with Gasteiger partial charge in [-0.05, 0) is 31.2 Å². The summed E-state index contributed by atoms with van der Waals surface area (Å²) >= 11 is 0. The number of amides is 1. The Morgan fingerprint density at radius 2 is 1.83 bits per heavy atom. The highest BCUT2D eigenvalue weighted by Crippen LogP contribution is 2.10. The number of rotatable bonds is 3. The first-order valence-corrected chi connectivity index (χ1v) is 6.74. The van der Waals surface area contributed by atoms with E-state index in [1.165, 1.54) is 18.2 Å². The molecule has 0 unspecified atom stereocenters. The van der Waals surface area contributed by atoms with Gasteiger partial charge in [0.15, 0.2) is 0 Å². The molecule has 1 amide bonds. The van der Waals surface area contributed by atoms with Crippen LogP contribution in [0, 0.1) is 6.92 Å². The SMILES string of the molecule is Cc1ccc(S(=O)(=O)NC(=O)c2ccc[nH]2)cc1. The van der Waals surface area contributed by atoms with Crippen molar-refractivity contribution >= 4 is 15.9 Å². The van der Waals surface area contributed by atoms with E-state index < -0.39 is 15.9 Å². The summed E-state index contributed by atoms with van der Waals surface area (Å²) < 4.78 is 25.8. The average Bonchev–Trinajstić information content (AvgIpc) is 2.82. The second-order valence-electron chi connectivity index (χ2n) is 3.83. The van der Waals surface area contributed by atoms with Crippen molar-refractivity contribution in [2.75, 3.05) is 0 Å². The quantitative estimate of drug-likeness (QED) is 0.880. The minimum absolute atomic E-state index is 0.0630. The first-order chi connectivity index (χ1) is 8.49. The Morgan fingerprint density at radius 1 is 1.17 bits per heavy atom. The predicted octanol–water partition coefficient (Wildman–Crippen LogP) is 1.44. The highest BCUT2D eigenvalue weighted by atomic mass is 32.2. The first-order valence-electron chi connectivity index (χ1n) is 5.26. The largest absolute Gasteiger partial charge is 0.357 e. The Labute approximate surface area is 105 Å². The predicted molar refractivity (Wildman–Crippen MR) is 66.6 cm³/mol. The molecule has 1 aromatic carbocycles. The third kappa shape index (κ3) is 2.60. The number of H-pyrrole nitrogens is 1. The molecule has 18 heavy (non-hydrogen) atoms. The fourth-order valence-electron chi connectivity index (χ4n) is 1.42. The van der Waals surface area contributed by atoms with E-state index in [1.807, 2.05) is 11.6 Å². The Balaban J connectivity index is 2.22. The third-order valence-corrected chi connectivity index (χ3v) is 3.75. The molecule has 0 saturated carbocycles. The number of carbonyl (C=O) groups excluding carboxylic acids is 1. The van der Waals surface area contributed by atoms with Crippen LogP contribution in [0.4, 0.5) is 0 Å². The van der Waals surface area contributed by atoms with Crippen molar-refractivity contribution in [1.29, 1.82) is 0 Å². The molecule has 94 valence electrons. The van der Waals surface area contributed by atoms with Gasteiger partial charge in [-0.15, -0.1) is 0 Å². The molecule has 2 N–H and O–H groups in total. The fraction of sp³-hybridized carbons (Fsp3) is 0.0833. The monoisotopic (exact) mass is 264 g/mol. The van der Waals surface area contributed by atoms with Gasteiger partial charge >= 0.3 is 0 Å². The van der Waals surface area contributed by atoms with Crippen LogP contribution in [0.15, 0.2) is 47.5 Å². The van der Waals surface area contributed by atoms with Crippen LogP contribution in [0.3, 0.4) is 0 Å². The lowest BCUT2D eigenvalue weighted by atomic mass is 10.2. The van der Waals surface area contributed by atoms with Crippen LogP contribution >= 0.6 is 0 Å². The van der Waals surface area contributed by atoms with Gasteiger partial charge in [0.1, 0.15) is 5.69 Å². The Bertz CT molecular complexity index is 643. The maximum Gasteiger partial charge on any atom is 0.281 e. The van der Waals surface area contributed by atoms with Gasteiger partial charge in [0.25, 0.3) is 15.9 Å². The van der Waals surface area contributed by atoms with Gasteiger partial charge in [0.05, 0.1) is 4.90 Å². The van der Waals surface area contributed by atoms with E-state index in [0.29, 0.717) is 0 Å². The average molecular weight is 264 g/mol. The molecule has 0 aliphatic rings. The van der Waals surface area contributed by atoms with Crippen molar-refractivity contribution in [3.8, 4) is 0 Å². The molecule has 2 aromatic rings. The summed E-state index contributed by atoms with van der Waals surface area (Å²) in [6.07, 6.45) is 1.55. The number of hydrogen-bond acceptors (Lipinski definition) is 3. The van der Waals surface area contributed by atoms with Gasteiger partial charge in [-0.3, -0.25) is 4.79 Å². The van der Waals surface area contributed by atoms with E-state index in [4.69, 9.17) is 0 Å². The summed E-state index contributed by atoms with van der Waals surface area (Å²) in [4.78, 5) is 14.3. The number of nitrogens with one attached hydrogen (secondary N) is 2. The van der Waals surface area contributed by atoms with Crippen LogP contribution in [0.1, 0.15) is 16.1 Å². The molecule has 0 atom stereocenters. The highest BCUT2D eigenvalue weighted by Gasteiger charge is 2.18. The molecule has 0 fully saturated rings.